The number of hydrogen-bond acceptors (Lipinski definition) is 5. The molecule has 1 fully saturated rings. The molecule has 0 bridgehead atoms. The maximum atomic E-state index is 13.2. The first-order valence-electron chi connectivity index (χ1n) is 10.4. The molecule has 8 heteroatoms. The van der Waals surface area contributed by atoms with Gasteiger partial charge in [-0.3, -0.25) is 9.59 Å². The van der Waals surface area contributed by atoms with Gasteiger partial charge >= 0.3 is 5.97 Å². The number of carbonyl (C=O) groups is 2. The van der Waals surface area contributed by atoms with Crippen LogP contribution < -0.4 is 10.9 Å². The molecule has 3 rings (SSSR count). The Labute approximate surface area is 170 Å². The lowest BCUT2D eigenvalue weighted by molar-refractivity contribution is -0.140. The van der Waals surface area contributed by atoms with Gasteiger partial charge in [0.15, 0.2) is 6.29 Å². The number of aliphatic carboxylic acids is 1. The third-order valence-corrected chi connectivity index (χ3v) is 5.59. The van der Waals surface area contributed by atoms with Crippen LogP contribution in [0.5, 0.6) is 0 Å². The minimum atomic E-state index is -1.12. The van der Waals surface area contributed by atoms with Crippen molar-refractivity contribution in [2.24, 2.45) is 5.92 Å². The molecule has 0 saturated carbocycles. The number of fused-ring (bicyclic) bond motifs is 1. The minimum absolute atomic E-state index is 0.0192. The Kier molecular flexibility index (Phi) is 7.08. The summed E-state index contributed by atoms with van der Waals surface area (Å²) >= 11 is 0. The molecule has 2 N–H and O–H groups in total. The highest BCUT2D eigenvalue weighted by atomic mass is 16.7. The number of rotatable bonds is 6. The van der Waals surface area contributed by atoms with Gasteiger partial charge in [0.1, 0.15) is 11.6 Å². The second-order valence-electron chi connectivity index (χ2n) is 8.06. The van der Waals surface area contributed by atoms with E-state index in [0.717, 1.165) is 49.8 Å². The highest BCUT2D eigenvalue weighted by Gasteiger charge is 2.28. The van der Waals surface area contributed by atoms with Crippen molar-refractivity contribution in [1.29, 1.82) is 0 Å². The Bertz CT molecular complexity index is 810. The van der Waals surface area contributed by atoms with Gasteiger partial charge in [0.2, 0.25) is 0 Å². The summed E-state index contributed by atoms with van der Waals surface area (Å²) in [5.74, 6) is -2.07. The first kappa shape index (κ1) is 21.5. The average Bonchev–Trinajstić information content (AvgIpc) is 3.15. The molecule has 1 amide bonds. The number of ether oxygens (including phenoxy) is 2. The van der Waals surface area contributed by atoms with Gasteiger partial charge in [0, 0.05) is 5.69 Å². The number of pyridine rings is 1. The first-order valence-corrected chi connectivity index (χ1v) is 10.4. The Hall–Kier alpha value is -2.19. The van der Waals surface area contributed by atoms with Crippen LogP contribution in [0.3, 0.4) is 0 Å². The molecular weight excluding hydrogens is 376 g/mol. The number of carboxylic acid groups (broad SMARTS) is 1. The lowest BCUT2D eigenvalue weighted by Gasteiger charge is -2.23. The summed E-state index contributed by atoms with van der Waals surface area (Å²) in [5.41, 5.74) is 1.47. The molecule has 2 aliphatic rings. The van der Waals surface area contributed by atoms with E-state index >= 15 is 0 Å². The van der Waals surface area contributed by atoms with Crippen LogP contribution in [-0.4, -0.2) is 47.1 Å². The Morgan fingerprint density at radius 1 is 1.17 bits per heavy atom. The summed E-state index contributed by atoms with van der Waals surface area (Å²) in [6.07, 6.45) is 5.25. The Morgan fingerprint density at radius 2 is 1.83 bits per heavy atom. The zero-order chi connectivity index (χ0) is 21.0. The van der Waals surface area contributed by atoms with E-state index in [2.05, 4.69) is 5.32 Å². The molecule has 1 atom stereocenters. The van der Waals surface area contributed by atoms with Crippen molar-refractivity contribution in [2.75, 3.05) is 13.2 Å². The second-order valence-corrected chi connectivity index (χ2v) is 8.06. The molecule has 0 spiro atoms. The van der Waals surface area contributed by atoms with Gasteiger partial charge in [-0.1, -0.05) is 26.7 Å². The van der Waals surface area contributed by atoms with E-state index in [1.54, 1.807) is 24.5 Å². The highest BCUT2D eigenvalue weighted by molar-refractivity contribution is 5.96. The van der Waals surface area contributed by atoms with Crippen molar-refractivity contribution in [3.8, 4) is 0 Å². The van der Waals surface area contributed by atoms with Gasteiger partial charge in [0.25, 0.3) is 11.5 Å². The molecule has 1 saturated heterocycles. The highest BCUT2D eigenvalue weighted by Crippen LogP contribution is 2.21. The molecule has 1 aromatic rings. The fourth-order valence-corrected chi connectivity index (χ4v) is 3.98. The largest absolute Gasteiger partial charge is 0.480 e. The van der Waals surface area contributed by atoms with E-state index in [1.165, 1.54) is 0 Å². The van der Waals surface area contributed by atoms with Gasteiger partial charge in [-0.05, 0) is 43.2 Å². The van der Waals surface area contributed by atoms with Crippen molar-refractivity contribution in [3.05, 3.63) is 33.2 Å². The lowest BCUT2D eigenvalue weighted by atomic mass is 9.95. The van der Waals surface area contributed by atoms with Gasteiger partial charge in [-0.2, -0.15) is 0 Å². The molecule has 0 unspecified atom stereocenters. The molecule has 8 nitrogen and oxygen atoms in total. The van der Waals surface area contributed by atoms with E-state index in [9.17, 15) is 19.5 Å². The van der Waals surface area contributed by atoms with E-state index in [1.807, 2.05) is 0 Å². The Morgan fingerprint density at radius 3 is 2.45 bits per heavy atom. The summed E-state index contributed by atoms with van der Waals surface area (Å²) in [6.45, 7) is 4.63. The van der Waals surface area contributed by atoms with Gasteiger partial charge in [-0.25, -0.2) is 4.79 Å². The van der Waals surface area contributed by atoms with Crippen molar-refractivity contribution >= 4 is 11.9 Å². The SMILES string of the molecule is CC(C)[C@H](NC(=O)c1cc2c(n(CC3OCCO3)c1=O)CCCCCC2)C(=O)O. The fraction of sp³-hybridized carbons (Fsp3) is 0.667. The molecule has 0 radical (unpaired) electrons. The summed E-state index contributed by atoms with van der Waals surface area (Å²) in [5, 5.41) is 11.9. The molecular formula is C21H30N2O6. The van der Waals surface area contributed by atoms with Crippen molar-refractivity contribution in [1.82, 2.24) is 9.88 Å². The van der Waals surface area contributed by atoms with Crippen LogP contribution in [-0.2, 0) is 33.7 Å². The maximum absolute atomic E-state index is 13.2. The molecule has 0 aromatic carbocycles. The van der Waals surface area contributed by atoms with E-state index < -0.39 is 29.8 Å². The van der Waals surface area contributed by atoms with Crippen molar-refractivity contribution in [3.63, 3.8) is 0 Å². The molecule has 1 aromatic heterocycles. The predicted molar refractivity (Wildman–Crippen MR) is 106 cm³/mol. The van der Waals surface area contributed by atoms with Gasteiger partial charge in [0.05, 0.1) is 19.8 Å². The minimum Gasteiger partial charge on any atom is -0.480 e. The number of carbonyl (C=O) groups excluding carboxylic acids is 1. The fourth-order valence-electron chi connectivity index (χ4n) is 3.98. The monoisotopic (exact) mass is 406 g/mol. The molecule has 160 valence electrons. The molecule has 29 heavy (non-hydrogen) atoms. The number of amides is 1. The summed E-state index contributed by atoms with van der Waals surface area (Å²) < 4.78 is 12.7. The number of aryl methyl sites for hydroxylation is 1. The molecule has 2 heterocycles. The second kappa shape index (κ2) is 9.54. The number of hydrogen-bond donors (Lipinski definition) is 2. The predicted octanol–water partition coefficient (Wildman–Crippen LogP) is 1.72. The molecule has 1 aliphatic heterocycles. The quantitative estimate of drug-likeness (QED) is 0.745. The zero-order valence-corrected chi connectivity index (χ0v) is 17.1. The van der Waals surface area contributed by atoms with Crippen LogP contribution in [0.15, 0.2) is 10.9 Å². The van der Waals surface area contributed by atoms with Crippen LogP contribution in [0.1, 0.15) is 61.1 Å². The first-order chi connectivity index (χ1) is 13.9. The number of carboxylic acids is 1. The van der Waals surface area contributed by atoms with Crippen LogP contribution in [0.25, 0.3) is 0 Å². The number of nitrogens with zero attached hydrogens (tertiary/aromatic N) is 1. The average molecular weight is 406 g/mol. The van der Waals surface area contributed by atoms with Crippen molar-refractivity contribution in [2.45, 2.75) is 71.2 Å². The number of aromatic nitrogens is 1. The smallest absolute Gasteiger partial charge is 0.326 e. The standard InChI is InChI=1S/C21H30N2O6/c1-13(2)18(21(26)27)22-19(24)15-11-14-7-5-3-4-6-8-16(14)23(20(15)25)12-17-28-9-10-29-17/h11,13,17-18H,3-10,12H2,1-2H3,(H,22,24)(H,26,27)/t18-/m0/s1. The van der Waals surface area contributed by atoms with Crippen LogP contribution in [0.4, 0.5) is 0 Å². The van der Waals surface area contributed by atoms with Gasteiger partial charge < -0.3 is 24.5 Å². The zero-order valence-electron chi connectivity index (χ0n) is 17.1. The lowest BCUT2D eigenvalue weighted by Crippen LogP contribution is -2.46. The third kappa shape index (κ3) is 5.05. The van der Waals surface area contributed by atoms with Crippen molar-refractivity contribution < 1.29 is 24.2 Å². The van der Waals surface area contributed by atoms with Crippen LogP contribution in [0, 0.1) is 5.92 Å². The Balaban J connectivity index is 1.99. The molecule has 1 aliphatic carbocycles. The van der Waals surface area contributed by atoms with Crippen LogP contribution >= 0.6 is 0 Å². The summed E-state index contributed by atoms with van der Waals surface area (Å²) in [6, 6.07) is 0.601. The van der Waals surface area contributed by atoms with E-state index in [0.29, 0.717) is 13.2 Å². The van der Waals surface area contributed by atoms with E-state index in [4.69, 9.17) is 9.47 Å². The number of nitrogens with one attached hydrogen (secondary N) is 1. The van der Waals surface area contributed by atoms with E-state index in [-0.39, 0.29) is 18.0 Å². The summed E-state index contributed by atoms with van der Waals surface area (Å²) in [4.78, 5) is 37.6. The normalized spacial score (nSPS) is 18.7. The third-order valence-electron chi connectivity index (χ3n) is 5.59. The van der Waals surface area contributed by atoms with Crippen LogP contribution in [0.2, 0.25) is 0 Å². The summed E-state index contributed by atoms with van der Waals surface area (Å²) in [7, 11) is 0. The topological polar surface area (TPSA) is 107 Å². The van der Waals surface area contributed by atoms with Gasteiger partial charge in [-0.15, -0.1) is 0 Å². The maximum Gasteiger partial charge on any atom is 0.326 e.